The number of rotatable bonds is 10. The maximum atomic E-state index is 9.09. The molecular weight excluding hydrogens is 238 g/mol. The van der Waals surface area contributed by atoms with E-state index in [0.29, 0.717) is 6.04 Å². The molecule has 1 unspecified atom stereocenters. The van der Waals surface area contributed by atoms with E-state index in [0.717, 1.165) is 44.6 Å². The SMILES string of the molecule is CCCNC(CCO)CN(C)CCc1ccccn1. The van der Waals surface area contributed by atoms with E-state index in [2.05, 4.69) is 35.2 Å². The molecule has 4 heteroatoms. The first kappa shape index (κ1) is 16.1. The summed E-state index contributed by atoms with van der Waals surface area (Å²) < 4.78 is 0. The van der Waals surface area contributed by atoms with Crippen molar-refractivity contribution in [2.24, 2.45) is 0 Å². The molecule has 108 valence electrons. The summed E-state index contributed by atoms with van der Waals surface area (Å²) in [6, 6.07) is 6.41. The fraction of sp³-hybridized carbons (Fsp3) is 0.667. The number of hydrogen-bond donors (Lipinski definition) is 2. The molecule has 1 heterocycles. The van der Waals surface area contributed by atoms with Crippen LogP contribution in [0.3, 0.4) is 0 Å². The van der Waals surface area contributed by atoms with Crippen molar-refractivity contribution in [1.82, 2.24) is 15.2 Å². The van der Waals surface area contributed by atoms with Crippen LogP contribution in [0, 0.1) is 0 Å². The average Bonchev–Trinajstić information content (AvgIpc) is 2.44. The number of aliphatic hydroxyl groups excluding tert-OH is 1. The van der Waals surface area contributed by atoms with Gasteiger partial charge in [0.1, 0.15) is 0 Å². The minimum atomic E-state index is 0.245. The van der Waals surface area contributed by atoms with Crippen LogP contribution in [-0.4, -0.2) is 54.3 Å². The van der Waals surface area contributed by atoms with Crippen LogP contribution >= 0.6 is 0 Å². The van der Waals surface area contributed by atoms with Crippen LogP contribution in [0.2, 0.25) is 0 Å². The highest BCUT2D eigenvalue weighted by Gasteiger charge is 2.10. The predicted molar refractivity (Wildman–Crippen MR) is 79.2 cm³/mol. The number of nitrogens with one attached hydrogen (secondary N) is 1. The first-order valence-electron chi connectivity index (χ1n) is 7.19. The maximum absolute atomic E-state index is 9.09. The third kappa shape index (κ3) is 7.25. The lowest BCUT2D eigenvalue weighted by Gasteiger charge is -2.24. The number of aromatic nitrogens is 1. The average molecular weight is 265 g/mol. The summed E-state index contributed by atoms with van der Waals surface area (Å²) in [6.07, 6.45) is 4.75. The lowest BCUT2D eigenvalue weighted by atomic mass is 10.2. The Morgan fingerprint density at radius 2 is 2.26 bits per heavy atom. The molecule has 19 heavy (non-hydrogen) atoms. The zero-order valence-electron chi connectivity index (χ0n) is 12.2. The predicted octanol–water partition coefficient (Wildman–Crippen LogP) is 1.31. The van der Waals surface area contributed by atoms with E-state index in [-0.39, 0.29) is 6.61 Å². The summed E-state index contributed by atoms with van der Waals surface area (Å²) in [7, 11) is 2.13. The van der Waals surface area contributed by atoms with Crippen molar-refractivity contribution in [3.8, 4) is 0 Å². The Labute approximate surface area is 116 Å². The van der Waals surface area contributed by atoms with Gasteiger partial charge in [-0.1, -0.05) is 13.0 Å². The molecule has 0 aliphatic rings. The minimum absolute atomic E-state index is 0.245. The highest BCUT2D eigenvalue weighted by atomic mass is 16.3. The van der Waals surface area contributed by atoms with E-state index in [1.807, 2.05) is 18.3 Å². The van der Waals surface area contributed by atoms with Crippen LogP contribution in [0.1, 0.15) is 25.5 Å². The van der Waals surface area contributed by atoms with Gasteiger partial charge in [-0.15, -0.1) is 0 Å². The Bertz CT molecular complexity index is 318. The van der Waals surface area contributed by atoms with E-state index in [9.17, 15) is 0 Å². The fourth-order valence-corrected chi connectivity index (χ4v) is 2.08. The van der Waals surface area contributed by atoms with Crippen LogP contribution in [0.15, 0.2) is 24.4 Å². The van der Waals surface area contributed by atoms with Crippen LogP contribution in [0.25, 0.3) is 0 Å². The highest BCUT2D eigenvalue weighted by Crippen LogP contribution is 1.99. The molecule has 0 bridgehead atoms. The van der Waals surface area contributed by atoms with Crippen LogP contribution in [0.5, 0.6) is 0 Å². The van der Waals surface area contributed by atoms with Gasteiger partial charge in [0.25, 0.3) is 0 Å². The Morgan fingerprint density at radius 1 is 1.42 bits per heavy atom. The number of pyridine rings is 1. The second-order valence-electron chi connectivity index (χ2n) is 5.00. The Morgan fingerprint density at radius 3 is 2.89 bits per heavy atom. The van der Waals surface area contributed by atoms with Gasteiger partial charge in [0.2, 0.25) is 0 Å². The van der Waals surface area contributed by atoms with Gasteiger partial charge in [-0.25, -0.2) is 0 Å². The van der Waals surface area contributed by atoms with Crippen LogP contribution in [0.4, 0.5) is 0 Å². The number of nitrogens with zero attached hydrogens (tertiary/aromatic N) is 2. The monoisotopic (exact) mass is 265 g/mol. The third-order valence-electron chi connectivity index (χ3n) is 3.17. The minimum Gasteiger partial charge on any atom is -0.396 e. The molecule has 0 fully saturated rings. The van der Waals surface area contributed by atoms with Crippen molar-refractivity contribution in [1.29, 1.82) is 0 Å². The lowest BCUT2D eigenvalue weighted by Crippen LogP contribution is -2.41. The van der Waals surface area contributed by atoms with Crippen molar-refractivity contribution in [2.75, 3.05) is 33.3 Å². The second-order valence-corrected chi connectivity index (χ2v) is 5.00. The summed E-state index contributed by atoms with van der Waals surface area (Å²) >= 11 is 0. The van der Waals surface area contributed by atoms with Gasteiger partial charge in [-0.05, 0) is 38.6 Å². The van der Waals surface area contributed by atoms with Gasteiger partial charge in [-0.3, -0.25) is 4.98 Å². The molecule has 1 atom stereocenters. The molecule has 0 aliphatic carbocycles. The van der Waals surface area contributed by atoms with Gasteiger partial charge in [-0.2, -0.15) is 0 Å². The number of hydrogen-bond acceptors (Lipinski definition) is 4. The normalized spacial score (nSPS) is 12.8. The van der Waals surface area contributed by atoms with E-state index >= 15 is 0 Å². The van der Waals surface area contributed by atoms with Gasteiger partial charge in [0.05, 0.1) is 0 Å². The van der Waals surface area contributed by atoms with Crippen molar-refractivity contribution < 1.29 is 5.11 Å². The largest absolute Gasteiger partial charge is 0.396 e. The zero-order chi connectivity index (χ0) is 13.9. The molecule has 4 nitrogen and oxygen atoms in total. The van der Waals surface area contributed by atoms with Crippen LogP contribution < -0.4 is 5.32 Å². The van der Waals surface area contributed by atoms with Gasteiger partial charge >= 0.3 is 0 Å². The summed E-state index contributed by atoms with van der Waals surface area (Å²) in [5.74, 6) is 0. The molecule has 0 aromatic carbocycles. The third-order valence-corrected chi connectivity index (χ3v) is 3.17. The summed E-state index contributed by atoms with van der Waals surface area (Å²) in [5.41, 5.74) is 1.13. The van der Waals surface area contributed by atoms with Crippen LogP contribution in [-0.2, 0) is 6.42 Å². The van der Waals surface area contributed by atoms with E-state index in [1.54, 1.807) is 0 Å². The standard InChI is InChI=1S/C15H27N3O/c1-3-9-16-15(8-12-19)13-18(2)11-7-14-6-4-5-10-17-14/h4-6,10,15-16,19H,3,7-9,11-13H2,1-2H3. The van der Waals surface area contributed by atoms with Crippen molar-refractivity contribution >= 4 is 0 Å². The first-order chi connectivity index (χ1) is 9.26. The summed E-state index contributed by atoms with van der Waals surface area (Å²) in [4.78, 5) is 6.64. The smallest absolute Gasteiger partial charge is 0.0446 e. The van der Waals surface area contributed by atoms with Crippen molar-refractivity contribution in [3.63, 3.8) is 0 Å². The fourth-order valence-electron chi connectivity index (χ4n) is 2.08. The molecule has 1 aromatic heterocycles. The molecule has 0 aliphatic heterocycles. The van der Waals surface area contributed by atoms with Gasteiger partial charge < -0.3 is 15.3 Å². The quantitative estimate of drug-likeness (QED) is 0.669. The molecule has 0 saturated carbocycles. The van der Waals surface area contributed by atoms with E-state index in [4.69, 9.17) is 5.11 Å². The second kappa shape index (κ2) is 9.89. The molecule has 0 radical (unpaired) electrons. The molecule has 0 saturated heterocycles. The van der Waals surface area contributed by atoms with Gasteiger partial charge in [0.15, 0.2) is 0 Å². The molecule has 2 N–H and O–H groups in total. The molecule has 0 amide bonds. The van der Waals surface area contributed by atoms with Gasteiger partial charge in [0, 0.05) is 44.0 Å². The maximum Gasteiger partial charge on any atom is 0.0446 e. The van der Waals surface area contributed by atoms with Crippen molar-refractivity contribution in [3.05, 3.63) is 30.1 Å². The Balaban J connectivity index is 2.29. The van der Waals surface area contributed by atoms with Crippen molar-refractivity contribution in [2.45, 2.75) is 32.2 Å². The molecular formula is C15H27N3O. The topological polar surface area (TPSA) is 48.4 Å². The number of aliphatic hydroxyl groups is 1. The summed E-state index contributed by atoms with van der Waals surface area (Å²) in [5, 5.41) is 12.6. The van der Waals surface area contributed by atoms with E-state index in [1.165, 1.54) is 0 Å². The molecule has 0 spiro atoms. The Kier molecular flexibility index (Phi) is 8.38. The van der Waals surface area contributed by atoms with E-state index < -0.39 is 0 Å². The lowest BCUT2D eigenvalue weighted by molar-refractivity contribution is 0.229. The first-order valence-corrected chi connectivity index (χ1v) is 7.19. The Hall–Kier alpha value is -0.970. The summed E-state index contributed by atoms with van der Waals surface area (Å²) in [6.45, 7) is 5.38. The highest BCUT2D eigenvalue weighted by molar-refractivity contribution is 5.03. The molecule has 1 aromatic rings. The number of likely N-dealkylation sites (N-methyl/N-ethyl adjacent to an activating group) is 1. The zero-order valence-corrected chi connectivity index (χ0v) is 12.2. The molecule has 1 rings (SSSR count).